The summed E-state index contributed by atoms with van der Waals surface area (Å²) in [4.78, 5) is 20.0. The monoisotopic (exact) mass is 396 g/mol. The average Bonchev–Trinajstić information content (AvgIpc) is 2.98. The average molecular weight is 397 g/mol. The second kappa shape index (κ2) is 8.52. The van der Waals surface area contributed by atoms with E-state index in [2.05, 4.69) is 6.07 Å². The van der Waals surface area contributed by atoms with Crippen LogP contribution in [0.25, 0.3) is 6.08 Å². The summed E-state index contributed by atoms with van der Waals surface area (Å²) in [6, 6.07) is 11.7. The third-order valence-corrected chi connectivity index (χ3v) is 5.50. The molecule has 0 radical (unpaired) electrons. The van der Waals surface area contributed by atoms with Gasteiger partial charge >= 0.3 is 0 Å². The van der Waals surface area contributed by atoms with Gasteiger partial charge in [-0.1, -0.05) is 18.2 Å². The Bertz CT molecular complexity index is 966. The summed E-state index contributed by atoms with van der Waals surface area (Å²) in [7, 11) is 3.19. The fraction of sp³-hybridized carbons (Fsp3) is 0.273. The summed E-state index contributed by atoms with van der Waals surface area (Å²) < 4.78 is 10.6. The predicted molar refractivity (Wildman–Crippen MR) is 116 cm³/mol. The molecule has 0 aliphatic carbocycles. The van der Waals surface area contributed by atoms with Gasteiger partial charge in [-0.15, -0.1) is 0 Å². The van der Waals surface area contributed by atoms with Crippen molar-refractivity contribution in [1.29, 1.82) is 0 Å². The van der Waals surface area contributed by atoms with Crippen LogP contribution >= 0.6 is 11.8 Å². The number of nitrogens with zero attached hydrogens (tertiary/aromatic N) is 2. The molecule has 0 bridgehead atoms. The molecule has 3 rings (SSSR count). The molecular weight excluding hydrogens is 372 g/mol. The van der Waals surface area contributed by atoms with Gasteiger partial charge in [-0.2, -0.15) is 0 Å². The summed E-state index contributed by atoms with van der Waals surface area (Å²) in [6.07, 6.45) is 1.86. The highest BCUT2D eigenvalue weighted by Gasteiger charge is 2.32. The van der Waals surface area contributed by atoms with Crippen molar-refractivity contribution in [3.63, 3.8) is 0 Å². The number of amidine groups is 1. The molecule has 28 heavy (non-hydrogen) atoms. The molecule has 1 amide bonds. The number of thioether (sulfide) groups is 1. The number of likely N-dealkylation sites (N-methyl/N-ethyl adjacent to an activating group) is 1. The van der Waals surface area contributed by atoms with Gasteiger partial charge < -0.3 is 9.47 Å². The summed E-state index contributed by atoms with van der Waals surface area (Å²) in [5, 5.41) is 0.702. The van der Waals surface area contributed by atoms with E-state index in [0.29, 0.717) is 28.1 Å². The maximum absolute atomic E-state index is 12.9. The van der Waals surface area contributed by atoms with Crippen molar-refractivity contribution in [3.8, 4) is 11.5 Å². The number of carbonyl (C=O) groups is 1. The van der Waals surface area contributed by atoms with Crippen molar-refractivity contribution >= 4 is 34.6 Å². The first kappa shape index (κ1) is 20.0. The smallest absolute Gasteiger partial charge is 0.266 e. The molecule has 146 valence electrons. The first-order valence-corrected chi connectivity index (χ1v) is 9.87. The van der Waals surface area contributed by atoms with Gasteiger partial charge in [0.1, 0.15) is 0 Å². The number of amides is 1. The van der Waals surface area contributed by atoms with Gasteiger partial charge in [0.05, 0.1) is 24.8 Å². The van der Waals surface area contributed by atoms with Crippen LogP contribution in [-0.4, -0.2) is 36.7 Å². The lowest BCUT2D eigenvalue weighted by atomic mass is 10.1. The minimum absolute atomic E-state index is 0.0358. The number of benzene rings is 2. The molecule has 6 heteroatoms. The third kappa shape index (κ3) is 4.07. The van der Waals surface area contributed by atoms with Crippen LogP contribution in [0.15, 0.2) is 46.3 Å². The van der Waals surface area contributed by atoms with Crippen LogP contribution in [0.1, 0.15) is 23.6 Å². The number of hydrogen-bond donors (Lipinski definition) is 0. The fourth-order valence-electron chi connectivity index (χ4n) is 2.91. The number of methoxy groups -OCH3 is 2. The molecule has 0 atom stereocenters. The molecule has 1 fully saturated rings. The lowest BCUT2D eigenvalue weighted by Gasteiger charge is -2.12. The lowest BCUT2D eigenvalue weighted by Crippen LogP contribution is -2.28. The van der Waals surface area contributed by atoms with Gasteiger partial charge in [0.15, 0.2) is 16.7 Å². The summed E-state index contributed by atoms with van der Waals surface area (Å²) in [5.41, 5.74) is 3.99. The van der Waals surface area contributed by atoms with Gasteiger partial charge in [0.2, 0.25) is 0 Å². The Morgan fingerprint density at radius 3 is 2.50 bits per heavy atom. The molecule has 0 N–H and O–H groups in total. The number of carbonyl (C=O) groups excluding carboxylic acids is 1. The molecule has 5 nitrogen and oxygen atoms in total. The molecule has 2 aromatic carbocycles. The first-order chi connectivity index (χ1) is 13.5. The van der Waals surface area contributed by atoms with Crippen molar-refractivity contribution < 1.29 is 14.3 Å². The second-order valence-corrected chi connectivity index (χ2v) is 7.47. The summed E-state index contributed by atoms with van der Waals surface area (Å²) in [6.45, 7) is 6.59. The van der Waals surface area contributed by atoms with Crippen LogP contribution in [0, 0.1) is 13.8 Å². The highest BCUT2D eigenvalue weighted by atomic mass is 32.2. The predicted octanol–water partition coefficient (Wildman–Crippen LogP) is 4.94. The largest absolute Gasteiger partial charge is 0.493 e. The van der Waals surface area contributed by atoms with Gasteiger partial charge in [0, 0.05) is 6.54 Å². The van der Waals surface area contributed by atoms with E-state index in [-0.39, 0.29) is 5.91 Å². The van der Waals surface area contributed by atoms with E-state index in [1.54, 1.807) is 19.1 Å². The van der Waals surface area contributed by atoms with E-state index in [1.165, 1.54) is 11.8 Å². The lowest BCUT2D eigenvalue weighted by molar-refractivity contribution is -0.122. The quantitative estimate of drug-likeness (QED) is 0.672. The van der Waals surface area contributed by atoms with Gasteiger partial charge in [-0.25, -0.2) is 4.99 Å². The number of aliphatic imine (C=N–C) groups is 1. The van der Waals surface area contributed by atoms with E-state index in [0.717, 1.165) is 22.4 Å². The number of hydrogen-bond acceptors (Lipinski definition) is 5. The highest BCUT2D eigenvalue weighted by molar-refractivity contribution is 8.18. The Morgan fingerprint density at radius 1 is 1.07 bits per heavy atom. The topological polar surface area (TPSA) is 51.1 Å². The van der Waals surface area contributed by atoms with E-state index >= 15 is 0 Å². The van der Waals surface area contributed by atoms with Gasteiger partial charge in [0.25, 0.3) is 5.91 Å². The van der Waals surface area contributed by atoms with Crippen LogP contribution in [0.3, 0.4) is 0 Å². The first-order valence-electron chi connectivity index (χ1n) is 9.06. The molecule has 1 aliphatic heterocycles. The molecule has 0 saturated carbocycles. The molecule has 2 aromatic rings. The Hall–Kier alpha value is -2.73. The molecule has 0 aromatic heterocycles. The van der Waals surface area contributed by atoms with Crippen molar-refractivity contribution in [2.75, 3.05) is 20.8 Å². The number of ether oxygens (including phenoxy) is 2. The highest BCUT2D eigenvalue weighted by Crippen LogP contribution is 2.36. The van der Waals surface area contributed by atoms with Gasteiger partial charge in [-0.3, -0.25) is 9.69 Å². The number of rotatable bonds is 5. The summed E-state index contributed by atoms with van der Waals surface area (Å²) >= 11 is 1.39. The number of aryl methyl sites for hydroxylation is 2. The third-order valence-electron chi connectivity index (χ3n) is 4.49. The zero-order valence-electron chi connectivity index (χ0n) is 16.8. The second-order valence-electron chi connectivity index (χ2n) is 6.46. The van der Waals surface area contributed by atoms with E-state index in [9.17, 15) is 4.79 Å². The van der Waals surface area contributed by atoms with Crippen molar-refractivity contribution in [2.45, 2.75) is 20.8 Å². The molecule has 1 heterocycles. The van der Waals surface area contributed by atoms with Crippen LogP contribution in [0.2, 0.25) is 0 Å². The zero-order chi connectivity index (χ0) is 20.3. The van der Waals surface area contributed by atoms with Crippen LogP contribution in [-0.2, 0) is 4.79 Å². The minimum atomic E-state index is -0.0358. The molecular formula is C22H24N2O3S. The van der Waals surface area contributed by atoms with Gasteiger partial charge in [-0.05, 0) is 73.5 Å². The fourth-order valence-corrected chi connectivity index (χ4v) is 3.96. The van der Waals surface area contributed by atoms with Crippen molar-refractivity contribution in [3.05, 3.63) is 58.0 Å². The molecule has 1 saturated heterocycles. The molecule has 1 aliphatic rings. The summed E-state index contributed by atoms with van der Waals surface area (Å²) in [5.74, 6) is 1.25. The maximum atomic E-state index is 12.9. The van der Waals surface area contributed by atoms with Crippen LogP contribution < -0.4 is 9.47 Å². The Morgan fingerprint density at radius 2 is 1.82 bits per heavy atom. The SMILES string of the molecule is CCN1C(=O)/C(=C\c2ccc(OC)c(OC)c2)SC1=Nc1cc(C)ccc1C. The van der Waals surface area contributed by atoms with Crippen molar-refractivity contribution in [2.24, 2.45) is 4.99 Å². The van der Waals surface area contributed by atoms with Crippen LogP contribution in [0.4, 0.5) is 5.69 Å². The van der Waals surface area contributed by atoms with E-state index in [1.807, 2.05) is 57.2 Å². The zero-order valence-corrected chi connectivity index (χ0v) is 17.6. The molecule has 0 spiro atoms. The van der Waals surface area contributed by atoms with E-state index < -0.39 is 0 Å². The normalized spacial score (nSPS) is 16.9. The van der Waals surface area contributed by atoms with Crippen LogP contribution in [0.5, 0.6) is 11.5 Å². The maximum Gasteiger partial charge on any atom is 0.266 e. The Labute approximate surface area is 170 Å². The minimum Gasteiger partial charge on any atom is -0.493 e. The molecule has 0 unspecified atom stereocenters. The van der Waals surface area contributed by atoms with Crippen molar-refractivity contribution in [1.82, 2.24) is 4.90 Å². The Kier molecular flexibility index (Phi) is 6.09. The Balaban J connectivity index is 1.96. The van der Waals surface area contributed by atoms with E-state index in [4.69, 9.17) is 14.5 Å². The standard InChI is InChI=1S/C22H24N2O3S/c1-6-24-21(25)20(13-16-9-10-18(26-4)19(12-16)27-5)28-22(24)23-17-11-14(2)7-8-15(17)3/h7-13H,6H2,1-5H3/b20-13+,23-22?.